The highest BCUT2D eigenvalue weighted by atomic mass is 32.2. The molecule has 2 amide bonds. The van der Waals surface area contributed by atoms with Gasteiger partial charge in [0.05, 0.1) is 12.1 Å². The van der Waals surface area contributed by atoms with Gasteiger partial charge in [0.15, 0.2) is 5.78 Å². The van der Waals surface area contributed by atoms with Crippen molar-refractivity contribution >= 4 is 29.4 Å². The van der Waals surface area contributed by atoms with Crippen LogP contribution in [-0.4, -0.2) is 58.7 Å². The minimum Gasteiger partial charge on any atom is -0.356 e. The topological polar surface area (TPSA) is 92.5 Å². The highest BCUT2D eigenvalue weighted by molar-refractivity contribution is 7.98. The van der Waals surface area contributed by atoms with Crippen LogP contribution in [0.15, 0.2) is 0 Å². The standard InChI is InChI=1S/C18H33N3O3S/c1-13(22)15-8-10-18(2,3)21(15)17(24)14(19)7-5-6-11-20-16(23)9-12-25-4/h14-15H,5-12,19H2,1-4H3,(H,20,23)/t14-,15-/m0/s1. The van der Waals surface area contributed by atoms with E-state index in [0.29, 0.717) is 25.8 Å². The maximum Gasteiger partial charge on any atom is 0.240 e. The van der Waals surface area contributed by atoms with E-state index in [1.54, 1.807) is 16.7 Å². The Labute approximate surface area is 155 Å². The van der Waals surface area contributed by atoms with Gasteiger partial charge in [-0.1, -0.05) is 0 Å². The van der Waals surface area contributed by atoms with Gasteiger partial charge < -0.3 is 16.0 Å². The van der Waals surface area contributed by atoms with E-state index < -0.39 is 6.04 Å². The molecular weight excluding hydrogens is 338 g/mol. The molecule has 3 N–H and O–H groups in total. The Bertz CT molecular complexity index is 482. The highest BCUT2D eigenvalue weighted by Gasteiger charge is 2.45. The van der Waals surface area contributed by atoms with Crippen molar-refractivity contribution in [1.82, 2.24) is 10.2 Å². The largest absolute Gasteiger partial charge is 0.356 e. The molecule has 0 aromatic heterocycles. The normalized spacial score (nSPS) is 20.4. The molecule has 7 heteroatoms. The maximum atomic E-state index is 12.7. The third kappa shape index (κ3) is 6.62. The minimum atomic E-state index is -0.591. The first-order valence-corrected chi connectivity index (χ1v) is 10.4. The molecule has 144 valence electrons. The van der Waals surface area contributed by atoms with Crippen LogP contribution in [0.2, 0.25) is 0 Å². The molecule has 2 atom stereocenters. The Balaban J connectivity index is 2.38. The lowest BCUT2D eigenvalue weighted by molar-refractivity contribution is -0.142. The molecule has 0 aromatic rings. The van der Waals surface area contributed by atoms with Gasteiger partial charge in [0, 0.05) is 24.3 Å². The second-order valence-electron chi connectivity index (χ2n) is 7.38. The van der Waals surface area contributed by atoms with Crippen molar-refractivity contribution < 1.29 is 14.4 Å². The van der Waals surface area contributed by atoms with Crippen LogP contribution in [0, 0.1) is 0 Å². The van der Waals surface area contributed by atoms with Gasteiger partial charge in [-0.2, -0.15) is 11.8 Å². The van der Waals surface area contributed by atoms with Crippen molar-refractivity contribution in [3.05, 3.63) is 0 Å². The Morgan fingerprint density at radius 1 is 1.32 bits per heavy atom. The fourth-order valence-electron chi connectivity index (χ4n) is 3.30. The summed E-state index contributed by atoms with van der Waals surface area (Å²) < 4.78 is 0. The van der Waals surface area contributed by atoms with Crippen molar-refractivity contribution in [2.45, 2.75) is 76.9 Å². The van der Waals surface area contributed by atoms with E-state index in [-0.39, 0.29) is 29.2 Å². The number of nitrogens with zero attached hydrogens (tertiary/aromatic N) is 1. The number of ketones is 1. The summed E-state index contributed by atoms with van der Waals surface area (Å²) in [6, 6.07) is -0.935. The van der Waals surface area contributed by atoms with Crippen molar-refractivity contribution in [1.29, 1.82) is 0 Å². The van der Waals surface area contributed by atoms with E-state index in [1.165, 1.54) is 6.92 Å². The zero-order valence-electron chi connectivity index (χ0n) is 16.0. The molecule has 25 heavy (non-hydrogen) atoms. The number of likely N-dealkylation sites (tertiary alicyclic amines) is 1. The zero-order chi connectivity index (χ0) is 19.0. The molecule has 1 heterocycles. The Morgan fingerprint density at radius 3 is 2.60 bits per heavy atom. The van der Waals surface area contributed by atoms with Crippen LogP contribution in [0.25, 0.3) is 0 Å². The first-order chi connectivity index (χ1) is 11.7. The number of hydrogen-bond acceptors (Lipinski definition) is 5. The lowest BCUT2D eigenvalue weighted by Crippen LogP contribution is -2.55. The van der Waals surface area contributed by atoms with Gasteiger partial charge in [0.2, 0.25) is 11.8 Å². The molecule has 0 radical (unpaired) electrons. The van der Waals surface area contributed by atoms with Crippen molar-refractivity contribution in [2.75, 3.05) is 18.6 Å². The quantitative estimate of drug-likeness (QED) is 0.570. The predicted molar refractivity (Wildman–Crippen MR) is 102 cm³/mol. The van der Waals surface area contributed by atoms with Crippen LogP contribution in [-0.2, 0) is 14.4 Å². The summed E-state index contributed by atoms with van der Waals surface area (Å²) >= 11 is 1.65. The molecule has 0 bridgehead atoms. The summed E-state index contributed by atoms with van der Waals surface area (Å²) in [6.45, 7) is 6.13. The van der Waals surface area contributed by atoms with Gasteiger partial charge in [0.1, 0.15) is 0 Å². The van der Waals surface area contributed by atoms with E-state index in [1.807, 2.05) is 20.1 Å². The molecule has 0 spiro atoms. The van der Waals surface area contributed by atoms with Gasteiger partial charge >= 0.3 is 0 Å². The predicted octanol–water partition coefficient (Wildman–Crippen LogP) is 1.71. The van der Waals surface area contributed by atoms with E-state index >= 15 is 0 Å². The third-order valence-corrected chi connectivity index (χ3v) is 5.43. The van der Waals surface area contributed by atoms with Crippen LogP contribution >= 0.6 is 11.8 Å². The van der Waals surface area contributed by atoms with E-state index in [4.69, 9.17) is 5.73 Å². The Hall–Kier alpha value is -1.08. The monoisotopic (exact) mass is 371 g/mol. The fourth-order valence-corrected chi connectivity index (χ4v) is 3.69. The second kappa shape index (κ2) is 10.2. The maximum absolute atomic E-state index is 12.7. The molecule has 6 nitrogen and oxygen atoms in total. The highest BCUT2D eigenvalue weighted by Crippen LogP contribution is 2.34. The van der Waals surface area contributed by atoms with Crippen molar-refractivity contribution in [3.63, 3.8) is 0 Å². The average Bonchev–Trinajstić information content (AvgIpc) is 2.87. The summed E-state index contributed by atoms with van der Waals surface area (Å²) in [6.07, 6.45) is 6.18. The number of nitrogens with two attached hydrogens (primary N) is 1. The smallest absolute Gasteiger partial charge is 0.240 e. The van der Waals surface area contributed by atoms with Crippen LogP contribution in [0.3, 0.4) is 0 Å². The lowest BCUT2D eigenvalue weighted by Gasteiger charge is -2.36. The molecule has 0 saturated carbocycles. The molecule has 1 aliphatic rings. The molecule has 0 aromatic carbocycles. The van der Waals surface area contributed by atoms with Crippen LogP contribution < -0.4 is 11.1 Å². The van der Waals surface area contributed by atoms with Gasteiger partial charge in [0.25, 0.3) is 0 Å². The number of rotatable bonds is 10. The first-order valence-electron chi connectivity index (χ1n) is 9.05. The molecule has 1 aliphatic heterocycles. The molecule has 1 saturated heterocycles. The molecule has 1 rings (SSSR count). The van der Waals surface area contributed by atoms with E-state index in [0.717, 1.165) is 25.0 Å². The second-order valence-corrected chi connectivity index (χ2v) is 8.37. The fraction of sp³-hybridized carbons (Fsp3) is 0.833. The average molecular weight is 372 g/mol. The Kier molecular flexibility index (Phi) is 8.93. The van der Waals surface area contributed by atoms with Crippen LogP contribution in [0.4, 0.5) is 0 Å². The summed E-state index contributed by atoms with van der Waals surface area (Å²) in [4.78, 5) is 37.8. The number of nitrogens with one attached hydrogen (secondary N) is 1. The molecular formula is C18H33N3O3S. The zero-order valence-corrected chi connectivity index (χ0v) is 16.8. The number of amides is 2. The summed E-state index contributed by atoms with van der Waals surface area (Å²) in [5.74, 6) is 0.789. The number of hydrogen-bond donors (Lipinski definition) is 2. The number of carbonyl (C=O) groups excluding carboxylic acids is 3. The summed E-state index contributed by atoms with van der Waals surface area (Å²) in [7, 11) is 0. The van der Waals surface area contributed by atoms with Crippen LogP contribution in [0.5, 0.6) is 0 Å². The van der Waals surface area contributed by atoms with Crippen molar-refractivity contribution in [3.8, 4) is 0 Å². The minimum absolute atomic E-state index is 0.0269. The summed E-state index contributed by atoms with van der Waals surface area (Å²) in [5.41, 5.74) is 5.77. The first kappa shape index (κ1) is 22.0. The molecule has 1 fully saturated rings. The molecule has 0 aliphatic carbocycles. The third-order valence-electron chi connectivity index (χ3n) is 4.81. The number of carbonyl (C=O) groups is 3. The van der Waals surface area contributed by atoms with Gasteiger partial charge in [-0.3, -0.25) is 14.4 Å². The summed E-state index contributed by atoms with van der Waals surface area (Å²) in [5, 5.41) is 2.88. The van der Waals surface area contributed by atoms with E-state index in [9.17, 15) is 14.4 Å². The SMILES string of the molecule is CSCCC(=O)NCCCC[C@H](N)C(=O)N1[C@H](C(C)=O)CCC1(C)C. The molecule has 0 unspecified atom stereocenters. The number of unbranched alkanes of at least 4 members (excludes halogenated alkanes) is 1. The van der Waals surface area contributed by atoms with Crippen molar-refractivity contribution in [2.24, 2.45) is 5.73 Å². The number of thioether (sulfide) groups is 1. The van der Waals surface area contributed by atoms with E-state index in [2.05, 4.69) is 5.32 Å². The number of Topliss-reactive ketones (excluding diaryl/α,β-unsaturated/α-hetero) is 1. The van der Waals surface area contributed by atoms with Gasteiger partial charge in [-0.05, 0) is 59.1 Å². The van der Waals surface area contributed by atoms with Gasteiger partial charge in [-0.25, -0.2) is 0 Å². The lowest BCUT2D eigenvalue weighted by atomic mass is 10.0. The Morgan fingerprint density at radius 2 is 2.00 bits per heavy atom. The van der Waals surface area contributed by atoms with Crippen LogP contribution in [0.1, 0.15) is 59.3 Å². The van der Waals surface area contributed by atoms with Gasteiger partial charge in [-0.15, -0.1) is 0 Å².